The SMILES string of the molecule is CCSc1nc(C)cc(C(=O)NCc2ccc(OC)cc2)n1. The van der Waals surface area contributed by atoms with E-state index in [2.05, 4.69) is 15.3 Å². The van der Waals surface area contributed by atoms with Crippen molar-refractivity contribution >= 4 is 17.7 Å². The molecule has 1 aromatic carbocycles. The van der Waals surface area contributed by atoms with Crippen LogP contribution in [0.3, 0.4) is 0 Å². The first-order valence-electron chi connectivity index (χ1n) is 7.02. The summed E-state index contributed by atoms with van der Waals surface area (Å²) < 4.78 is 5.11. The fourth-order valence-corrected chi connectivity index (χ4v) is 2.50. The van der Waals surface area contributed by atoms with E-state index >= 15 is 0 Å². The number of hydrogen-bond donors (Lipinski definition) is 1. The van der Waals surface area contributed by atoms with Gasteiger partial charge in [-0.3, -0.25) is 4.79 Å². The molecule has 5 nitrogen and oxygen atoms in total. The minimum Gasteiger partial charge on any atom is -0.497 e. The molecule has 0 aliphatic rings. The van der Waals surface area contributed by atoms with E-state index in [1.54, 1.807) is 13.2 Å². The number of carbonyl (C=O) groups excluding carboxylic acids is 1. The first kappa shape index (κ1) is 16.3. The van der Waals surface area contributed by atoms with Gasteiger partial charge in [0, 0.05) is 12.2 Å². The van der Waals surface area contributed by atoms with Crippen molar-refractivity contribution in [3.8, 4) is 5.75 Å². The third-order valence-corrected chi connectivity index (χ3v) is 3.68. The Hall–Kier alpha value is -2.08. The number of nitrogens with one attached hydrogen (secondary N) is 1. The first-order chi connectivity index (χ1) is 10.6. The van der Waals surface area contributed by atoms with Crippen LogP contribution in [0.1, 0.15) is 28.7 Å². The van der Waals surface area contributed by atoms with Crippen LogP contribution < -0.4 is 10.1 Å². The standard InChI is InChI=1S/C16H19N3O2S/c1-4-22-16-18-11(2)9-14(19-16)15(20)17-10-12-5-7-13(21-3)8-6-12/h5-9H,4,10H2,1-3H3,(H,17,20). The summed E-state index contributed by atoms with van der Waals surface area (Å²) in [7, 11) is 1.63. The molecule has 0 saturated carbocycles. The summed E-state index contributed by atoms with van der Waals surface area (Å²) >= 11 is 1.52. The molecule has 22 heavy (non-hydrogen) atoms. The summed E-state index contributed by atoms with van der Waals surface area (Å²) in [5.74, 6) is 1.47. The van der Waals surface area contributed by atoms with Crippen LogP contribution in [0.25, 0.3) is 0 Å². The molecule has 0 aliphatic carbocycles. The summed E-state index contributed by atoms with van der Waals surface area (Å²) in [4.78, 5) is 20.8. The van der Waals surface area contributed by atoms with Crippen LogP contribution in [-0.4, -0.2) is 28.7 Å². The largest absolute Gasteiger partial charge is 0.497 e. The molecule has 0 fully saturated rings. The Kier molecular flexibility index (Phi) is 5.77. The Morgan fingerprint density at radius 1 is 1.27 bits per heavy atom. The van der Waals surface area contributed by atoms with E-state index in [1.165, 1.54) is 11.8 Å². The second-order valence-corrected chi connectivity index (χ2v) is 5.87. The molecule has 1 N–H and O–H groups in total. The van der Waals surface area contributed by atoms with Crippen molar-refractivity contribution in [1.82, 2.24) is 15.3 Å². The lowest BCUT2D eigenvalue weighted by molar-refractivity contribution is 0.0945. The van der Waals surface area contributed by atoms with Crippen LogP contribution in [0.5, 0.6) is 5.75 Å². The normalized spacial score (nSPS) is 10.3. The number of amides is 1. The maximum atomic E-state index is 12.2. The lowest BCUT2D eigenvalue weighted by Crippen LogP contribution is -2.24. The summed E-state index contributed by atoms with van der Waals surface area (Å²) in [6.07, 6.45) is 0. The minimum atomic E-state index is -0.195. The van der Waals surface area contributed by atoms with Crippen molar-refractivity contribution < 1.29 is 9.53 Å². The Balaban J connectivity index is 2.02. The molecule has 0 unspecified atom stereocenters. The molecule has 2 aromatic rings. The zero-order valence-corrected chi connectivity index (χ0v) is 13.7. The molecule has 0 saturated heterocycles. The van der Waals surface area contributed by atoms with Gasteiger partial charge in [0.15, 0.2) is 5.16 Å². The summed E-state index contributed by atoms with van der Waals surface area (Å²) in [5.41, 5.74) is 2.19. The number of methoxy groups -OCH3 is 1. The van der Waals surface area contributed by atoms with Crippen LogP contribution >= 0.6 is 11.8 Å². The predicted octanol–water partition coefficient (Wildman–Crippen LogP) is 2.84. The van der Waals surface area contributed by atoms with Crippen molar-refractivity contribution in [1.29, 1.82) is 0 Å². The molecule has 2 rings (SSSR count). The Labute approximate surface area is 134 Å². The molecule has 1 aromatic heterocycles. The smallest absolute Gasteiger partial charge is 0.270 e. The third kappa shape index (κ3) is 4.46. The molecular formula is C16H19N3O2S. The highest BCUT2D eigenvalue weighted by molar-refractivity contribution is 7.99. The van der Waals surface area contributed by atoms with Crippen molar-refractivity contribution in [3.63, 3.8) is 0 Å². The number of ether oxygens (including phenoxy) is 1. The highest BCUT2D eigenvalue weighted by atomic mass is 32.2. The number of aryl methyl sites for hydroxylation is 1. The summed E-state index contributed by atoms with van der Waals surface area (Å²) in [5, 5.41) is 3.51. The monoisotopic (exact) mass is 317 g/mol. The Morgan fingerprint density at radius 3 is 2.64 bits per heavy atom. The topological polar surface area (TPSA) is 64.1 Å². The number of aromatic nitrogens is 2. The molecule has 1 heterocycles. The van der Waals surface area contributed by atoms with E-state index in [9.17, 15) is 4.79 Å². The van der Waals surface area contributed by atoms with Gasteiger partial charge < -0.3 is 10.1 Å². The van der Waals surface area contributed by atoms with Gasteiger partial charge in [-0.15, -0.1) is 0 Å². The van der Waals surface area contributed by atoms with Crippen LogP contribution in [-0.2, 0) is 6.54 Å². The van der Waals surface area contributed by atoms with Gasteiger partial charge in [0.2, 0.25) is 0 Å². The fraction of sp³-hybridized carbons (Fsp3) is 0.312. The van der Waals surface area contributed by atoms with Gasteiger partial charge in [0.25, 0.3) is 5.91 Å². The molecule has 6 heteroatoms. The Bertz CT molecular complexity index is 644. The van der Waals surface area contributed by atoms with Crippen LogP contribution in [0.15, 0.2) is 35.5 Å². The second kappa shape index (κ2) is 7.79. The van der Waals surface area contributed by atoms with E-state index in [0.29, 0.717) is 17.4 Å². The molecular weight excluding hydrogens is 298 g/mol. The lowest BCUT2D eigenvalue weighted by atomic mass is 10.2. The maximum Gasteiger partial charge on any atom is 0.270 e. The molecule has 1 amide bonds. The van der Waals surface area contributed by atoms with Gasteiger partial charge in [-0.05, 0) is 36.4 Å². The molecule has 0 aliphatic heterocycles. The van der Waals surface area contributed by atoms with E-state index in [1.807, 2.05) is 38.1 Å². The zero-order valence-electron chi connectivity index (χ0n) is 12.9. The van der Waals surface area contributed by atoms with Crippen molar-refractivity contribution in [2.75, 3.05) is 12.9 Å². The van der Waals surface area contributed by atoms with Gasteiger partial charge >= 0.3 is 0 Å². The second-order valence-electron chi connectivity index (χ2n) is 4.64. The molecule has 0 radical (unpaired) electrons. The Morgan fingerprint density at radius 2 is 2.00 bits per heavy atom. The number of hydrogen-bond acceptors (Lipinski definition) is 5. The quantitative estimate of drug-likeness (QED) is 0.655. The number of nitrogens with zero attached hydrogens (tertiary/aromatic N) is 2. The first-order valence-corrected chi connectivity index (χ1v) is 8.00. The summed E-state index contributed by atoms with van der Waals surface area (Å²) in [6, 6.07) is 9.27. The highest BCUT2D eigenvalue weighted by Crippen LogP contribution is 2.14. The highest BCUT2D eigenvalue weighted by Gasteiger charge is 2.10. The predicted molar refractivity (Wildman–Crippen MR) is 87.3 cm³/mol. The van der Waals surface area contributed by atoms with Gasteiger partial charge in [-0.25, -0.2) is 9.97 Å². The van der Waals surface area contributed by atoms with Crippen LogP contribution in [0.2, 0.25) is 0 Å². The number of rotatable bonds is 6. The molecule has 0 spiro atoms. The van der Waals surface area contributed by atoms with Gasteiger partial charge in [-0.2, -0.15) is 0 Å². The minimum absolute atomic E-state index is 0.195. The van der Waals surface area contributed by atoms with Crippen molar-refractivity contribution in [2.45, 2.75) is 25.5 Å². The number of carbonyl (C=O) groups is 1. The van der Waals surface area contributed by atoms with Crippen LogP contribution in [0, 0.1) is 6.92 Å². The number of benzene rings is 1. The van der Waals surface area contributed by atoms with E-state index in [0.717, 1.165) is 22.8 Å². The van der Waals surface area contributed by atoms with E-state index in [-0.39, 0.29) is 5.91 Å². The van der Waals surface area contributed by atoms with Gasteiger partial charge in [0.05, 0.1) is 7.11 Å². The average Bonchev–Trinajstić information content (AvgIpc) is 2.53. The van der Waals surface area contributed by atoms with Crippen molar-refractivity contribution in [3.05, 3.63) is 47.3 Å². The van der Waals surface area contributed by atoms with Crippen LogP contribution in [0.4, 0.5) is 0 Å². The fourth-order valence-electron chi connectivity index (χ4n) is 1.87. The lowest BCUT2D eigenvalue weighted by Gasteiger charge is -2.07. The molecule has 0 bridgehead atoms. The van der Waals surface area contributed by atoms with Gasteiger partial charge in [0.1, 0.15) is 11.4 Å². The summed E-state index contributed by atoms with van der Waals surface area (Å²) in [6.45, 7) is 4.34. The van der Waals surface area contributed by atoms with E-state index < -0.39 is 0 Å². The van der Waals surface area contributed by atoms with Crippen molar-refractivity contribution in [2.24, 2.45) is 0 Å². The molecule has 0 atom stereocenters. The van der Waals surface area contributed by atoms with E-state index in [4.69, 9.17) is 4.74 Å². The molecule has 116 valence electrons. The third-order valence-electron chi connectivity index (χ3n) is 2.95. The van der Waals surface area contributed by atoms with Gasteiger partial charge in [-0.1, -0.05) is 30.8 Å². The maximum absolute atomic E-state index is 12.2. The average molecular weight is 317 g/mol. The number of thioether (sulfide) groups is 1. The zero-order chi connectivity index (χ0) is 15.9.